The summed E-state index contributed by atoms with van der Waals surface area (Å²) in [5, 5.41) is 4.14. The third-order valence-corrected chi connectivity index (χ3v) is 5.17. The van der Waals surface area contributed by atoms with E-state index in [1.54, 1.807) is 11.3 Å². The Balaban J connectivity index is 2.10. The number of rotatable bonds is 0. The van der Waals surface area contributed by atoms with Gasteiger partial charge in [0.25, 0.3) is 5.91 Å². The Kier molecular flexibility index (Phi) is 2.67. The van der Waals surface area contributed by atoms with Gasteiger partial charge in [-0.05, 0) is 41.5 Å². The lowest BCUT2D eigenvalue weighted by molar-refractivity contribution is 0.0774. The second-order valence-electron chi connectivity index (χ2n) is 3.94. The second-order valence-corrected chi connectivity index (χ2v) is 7.33. The van der Waals surface area contributed by atoms with E-state index in [-0.39, 0.29) is 11.9 Å². The summed E-state index contributed by atoms with van der Waals surface area (Å²) >= 11 is 9.19. The zero-order chi connectivity index (χ0) is 11.3. The van der Waals surface area contributed by atoms with Gasteiger partial charge in [-0.3, -0.25) is 4.79 Å². The lowest BCUT2D eigenvalue weighted by Gasteiger charge is -2.21. The first kappa shape index (κ1) is 10.9. The van der Waals surface area contributed by atoms with Crippen molar-refractivity contribution in [2.45, 2.75) is 18.9 Å². The Morgan fingerprint density at radius 2 is 2.44 bits per heavy atom. The van der Waals surface area contributed by atoms with Crippen LogP contribution in [-0.4, -0.2) is 28.4 Å². The Morgan fingerprint density at radius 3 is 3.25 bits per heavy atom. The number of halogens is 1. The van der Waals surface area contributed by atoms with E-state index >= 15 is 0 Å². The van der Waals surface area contributed by atoms with Gasteiger partial charge in [0.15, 0.2) is 0 Å². The highest BCUT2D eigenvalue weighted by molar-refractivity contribution is 14.1. The van der Waals surface area contributed by atoms with Gasteiger partial charge in [0.05, 0.1) is 14.5 Å². The molecule has 3 nitrogen and oxygen atoms in total. The minimum absolute atomic E-state index is 0.111. The SMILES string of the molecule is O=C1c2cc(I)sc2NC(=S)[C@@H]2CCCN12. The maximum atomic E-state index is 12.3. The average molecular weight is 364 g/mol. The van der Waals surface area contributed by atoms with E-state index in [2.05, 4.69) is 27.9 Å². The number of hydrogen-bond acceptors (Lipinski definition) is 3. The smallest absolute Gasteiger partial charge is 0.257 e. The lowest BCUT2D eigenvalue weighted by Crippen LogP contribution is -2.39. The monoisotopic (exact) mass is 364 g/mol. The van der Waals surface area contributed by atoms with Crippen molar-refractivity contribution >= 4 is 62.0 Å². The molecule has 0 saturated carbocycles. The van der Waals surface area contributed by atoms with Crippen LogP contribution in [-0.2, 0) is 0 Å². The molecule has 1 N–H and O–H groups in total. The van der Waals surface area contributed by atoms with Gasteiger partial charge in [-0.1, -0.05) is 12.2 Å². The molecule has 1 aromatic rings. The Bertz CT molecular complexity index is 485. The van der Waals surface area contributed by atoms with E-state index in [1.807, 2.05) is 11.0 Å². The fourth-order valence-electron chi connectivity index (χ4n) is 2.24. The van der Waals surface area contributed by atoms with Gasteiger partial charge in [0, 0.05) is 6.54 Å². The van der Waals surface area contributed by atoms with Crippen LogP contribution in [0.3, 0.4) is 0 Å². The van der Waals surface area contributed by atoms with Crippen molar-refractivity contribution in [2.75, 3.05) is 11.9 Å². The van der Waals surface area contributed by atoms with Crippen molar-refractivity contribution < 1.29 is 4.79 Å². The van der Waals surface area contributed by atoms with E-state index in [0.717, 1.165) is 37.8 Å². The second kappa shape index (κ2) is 3.92. The standard InChI is InChI=1S/C10H9IN2OS2/c11-7-4-5-9(16-7)12-8(15)6-2-1-3-13(6)10(5)14/h4,6H,1-3H2,(H,12,15)/t6-/m0/s1. The van der Waals surface area contributed by atoms with Gasteiger partial charge in [0.2, 0.25) is 0 Å². The number of hydrogen-bond donors (Lipinski definition) is 1. The van der Waals surface area contributed by atoms with E-state index in [9.17, 15) is 4.79 Å². The lowest BCUT2D eigenvalue weighted by atomic mass is 10.2. The van der Waals surface area contributed by atoms with Gasteiger partial charge in [-0.15, -0.1) is 11.3 Å². The van der Waals surface area contributed by atoms with Crippen LogP contribution in [0.1, 0.15) is 23.2 Å². The number of fused-ring (bicyclic) bond motifs is 2. The van der Waals surface area contributed by atoms with Gasteiger partial charge < -0.3 is 10.2 Å². The predicted molar refractivity (Wildman–Crippen MR) is 77.3 cm³/mol. The van der Waals surface area contributed by atoms with Crippen molar-refractivity contribution in [3.63, 3.8) is 0 Å². The maximum absolute atomic E-state index is 12.3. The molecular formula is C10H9IN2OS2. The van der Waals surface area contributed by atoms with Crippen LogP contribution < -0.4 is 5.32 Å². The predicted octanol–water partition coefficient (Wildman–Crippen LogP) is 2.71. The molecule has 2 aliphatic heterocycles. The Morgan fingerprint density at radius 1 is 1.62 bits per heavy atom. The molecule has 0 radical (unpaired) electrons. The van der Waals surface area contributed by atoms with E-state index in [0.29, 0.717) is 0 Å². The van der Waals surface area contributed by atoms with Crippen LogP contribution in [0.15, 0.2) is 6.07 Å². The number of amides is 1. The molecule has 1 fully saturated rings. The molecule has 0 aliphatic carbocycles. The summed E-state index contributed by atoms with van der Waals surface area (Å²) in [5.74, 6) is 0.129. The van der Waals surface area contributed by atoms with E-state index < -0.39 is 0 Å². The molecule has 3 rings (SSSR count). The van der Waals surface area contributed by atoms with Gasteiger partial charge >= 0.3 is 0 Å². The topological polar surface area (TPSA) is 32.3 Å². The van der Waals surface area contributed by atoms with Crippen molar-refractivity contribution in [3.05, 3.63) is 14.5 Å². The first-order valence-corrected chi connectivity index (χ1v) is 7.38. The summed E-state index contributed by atoms with van der Waals surface area (Å²) < 4.78 is 1.11. The number of carbonyl (C=O) groups is 1. The van der Waals surface area contributed by atoms with Crippen LogP contribution in [0.4, 0.5) is 5.00 Å². The fourth-order valence-corrected chi connectivity index (χ4v) is 4.42. The highest BCUT2D eigenvalue weighted by atomic mass is 127. The molecule has 16 heavy (non-hydrogen) atoms. The third-order valence-electron chi connectivity index (χ3n) is 2.99. The number of nitrogens with zero attached hydrogens (tertiary/aromatic N) is 1. The Hall–Kier alpha value is -0.210. The summed E-state index contributed by atoms with van der Waals surface area (Å²) in [7, 11) is 0. The molecule has 84 valence electrons. The number of thiocarbonyl (C=S) groups is 1. The molecule has 1 aromatic heterocycles. The molecule has 0 spiro atoms. The third kappa shape index (κ3) is 1.58. The van der Waals surface area contributed by atoms with Gasteiger partial charge in [-0.25, -0.2) is 0 Å². The molecule has 1 saturated heterocycles. The van der Waals surface area contributed by atoms with E-state index in [1.165, 1.54) is 0 Å². The van der Waals surface area contributed by atoms with Crippen LogP contribution in [0.5, 0.6) is 0 Å². The molecule has 1 atom stereocenters. The first-order chi connectivity index (χ1) is 7.66. The number of nitrogens with one attached hydrogen (secondary N) is 1. The van der Waals surface area contributed by atoms with Crippen molar-refractivity contribution in [2.24, 2.45) is 0 Å². The average Bonchev–Trinajstić information content (AvgIpc) is 2.81. The highest BCUT2D eigenvalue weighted by Crippen LogP contribution is 2.35. The summed E-state index contributed by atoms with van der Waals surface area (Å²) in [6.07, 6.45) is 2.04. The normalized spacial score (nSPS) is 23.8. The summed E-state index contributed by atoms with van der Waals surface area (Å²) in [6, 6.07) is 2.05. The van der Waals surface area contributed by atoms with Crippen LogP contribution in [0.2, 0.25) is 0 Å². The molecule has 0 unspecified atom stereocenters. The number of thiophene rings is 1. The number of anilines is 1. The molecule has 0 bridgehead atoms. The molecule has 1 amide bonds. The molecule has 3 heterocycles. The van der Waals surface area contributed by atoms with Gasteiger partial charge in [0.1, 0.15) is 9.99 Å². The minimum Gasteiger partial charge on any atom is -0.339 e. The maximum Gasteiger partial charge on any atom is 0.257 e. The van der Waals surface area contributed by atoms with Gasteiger partial charge in [-0.2, -0.15) is 0 Å². The molecular weight excluding hydrogens is 355 g/mol. The van der Waals surface area contributed by atoms with Crippen molar-refractivity contribution in [1.82, 2.24) is 4.90 Å². The zero-order valence-electron chi connectivity index (χ0n) is 8.33. The quantitative estimate of drug-likeness (QED) is 0.568. The van der Waals surface area contributed by atoms with Crippen molar-refractivity contribution in [3.8, 4) is 0 Å². The van der Waals surface area contributed by atoms with Crippen LogP contribution in [0.25, 0.3) is 0 Å². The molecule has 0 aromatic carbocycles. The summed E-state index contributed by atoms with van der Waals surface area (Å²) in [6.45, 7) is 0.831. The van der Waals surface area contributed by atoms with E-state index in [4.69, 9.17) is 12.2 Å². The zero-order valence-corrected chi connectivity index (χ0v) is 12.1. The largest absolute Gasteiger partial charge is 0.339 e. The Labute approximate surface area is 116 Å². The fraction of sp³-hybridized carbons (Fsp3) is 0.400. The number of carbonyl (C=O) groups excluding carboxylic acids is 1. The minimum atomic E-state index is 0.111. The highest BCUT2D eigenvalue weighted by Gasteiger charge is 2.37. The summed E-state index contributed by atoms with van der Waals surface area (Å²) in [5.41, 5.74) is 0.779. The summed E-state index contributed by atoms with van der Waals surface area (Å²) in [4.78, 5) is 15.0. The molecule has 2 aliphatic rings. The van der Waals surface area contributed by atoms with Crippen molar-refractivity contribution in [1.29, 1.82) is 0 Å². The van der Waals surface area contributed by atoms with Crippen LogP contribution >= 0.6 is 46.1 Å². The molecule has 6 heteroatoms. The van der Waals surface area contributed by atoms with Crippen LogP contribution in [0, 0.1) is 2.88 Å². The first-order valence-electron chi connectivity index (χ1n) is 5.08.